The number of thiazole rings is 1. The van der Waals surface area contributed by atoms with Gasteiger partial charge >= 0.3 is 6.09 Å². The molecule has 1 atom stereocenters. The molecule has 0 bridgehead atoms. The van der Waals surface area contributed by atoms with E-state index in [9.17, 15) is 9.90 Å². The molecule has 1 aromatic rings. The quantitative estimate of drug-likeness (QED) is 0.832. The predicted octanol–water partition coefficient (Wildman–Crippen LogP) is 2.26. The number of rotatable bonds is 1. The van der Waals surface area contributed by atoms with Crippen LogP contribution in [0.3, 0.4) is 0 Å². The maximum absolute atomic E-state index is 10.9. The van der Waals surface area contributed by atoms with Crippen molar-refractivity contribution in [2.24, 2.45) is 0 Å². The molecule has 5 nitrogen and oxygen atoms in total. The van der Waals surface area contributed by atoms with Crippen LogP contribution in [0.1, 0.15) is 24.3 Å². The third-order valence-corrected chi connectivity index (χ3v) is 4.63. The summed E-state index contributed by atoms with van der Waals surface area (Å²) in [5.41, 5.74) is -0.985. The highest BCUT2D eigenvalue weighted by Crippen LogP contribution is 2.36. The summed E-state index contributed by atoms with van der Waals surface area (Å²) in [5, 5.41) is 20.1. The van der Waals surface area contributed by atoms with Gasteiger partial charge in [0.25, 0.3) is 0 Å². The zero-order valence-electron chi connectivity index (χ0n) is 9.10. The Morgan fingerprint density at radius 3 is 2.88 bits per heavy atom. The molecule has 2 rings (SSSR count). The standard InChI is InChI=1S/C10H13BrN2O3S/c11-7-6-12-8(17-7)10(16)2-1-4-13(5-3-10)9(14)15/h6,16H,1-5H2,(H,14,15)/t10-/m1/s1. The SMILES string of the molecule is O=C(O)N1CCC[C@](O)(c2ncc(Br)s2)CC1. The first-order valence-electron chi connectivity index (χ1n) is 5.33. The smallest absolute Gasteiger partial charge is 0.407 e. The first-order valence-corrected chi connectivity index (χ1v) is 6.94. The molecular formula is C10H13BrN2O3S. The number of halogens is 1. The molecule has 0 spiro atoms. The summed E-state index contributed by atoms with van der Waals surface area (Å²) in [6.45, 7) is 0.827. The van der Waals surface area contributed by atoms with Crippen molar-refractivity contribution in [3.05, 3.63) is 15.0 Å². The average molecular weight is 321 g/mol. The van der Waals surface area contributed by atoms with Crippen molar-refractivity contribution in [1.29, 1.82) is 0 Å². The number of hydrogen-bond acceptors (Lipinski definition) is 4. The molecule has 94 valence electrons. The van der Waals surface area contributed by atoms with E-state index in [-0.39, 0.29) is 0 Å². The van der Waals surface area contributed by atoms with Gasteiger partial charge in [-0.25, -0.2) is 9.78 Å². The number of carbonyl (C=O) groups is 1. The lowest BCUT2D eigenvalue weighted by Gasteiger charge is -2.23. The second-order valence-corrected chi connectivity index (χ2v) is 6.53. The molecule has 0 aliphatic carbocycles. The maximum Gasteiger partial charge on any atom is 0.407 e. The van der Waals surface area contributed by atoms with E-state index >= 15 is 0 Å². The molecule has 2 heterocycles. The molecule has 0 aromatic carbocycles. The second-order valence-electron chi connectivity index (χ2n) is 4.12. The van der Waals surface area contributed by atoms with Crippen LogP contribution < -0.4 is 0 Å². The van der Waals surface area contributed by atoms with Crippen molar-refractivity contribution >= 4 is 33.4 Å². The fourth-order valence-corrected chi connectivity index (χ4v) is 3.35. The fraction of sp³-hybridized carbons (Fsp3) is 0.600. The van der Waals surface area contributed by atoms with Gasteiger partial charge in [0.2, 0.25) is 0 Å². The Balaban J connectivity index is 2.14. The van der Waals surface area contributed by atoms with E-state index in [1.807, 2.05) is 0 Å². The van der Waals surface area contributed by atoms with Crippen LogP contribution in [0.15, 0.2) is 9.98 Å². The Bertz CT molecular complexity index is 425. The van der Waals surface area contributed by atoms with Crippen LogP contribution in [0.25, 0.3) is 0 Å². The van der Waals surface area contributed by atoms with E-state index in [2.05, 4.69) is 20.9 Å². The first-order chi connectivity index (χ1) is 8.01. The minimum atomic E-state index is -0.985. The van der Waals surface area contributed by atoms with Crippen LogP contribution >= 0.6 is 27.3 Å². The number of aliphatic hydroxyl groups is 1. The van der Waals surface area contributed by atoms with Crippen molar-refractivity contribution < 1.29 is 15.0 Å². The number of likely N-dealkylation sites (tertiary alicyclic amines) is 1. The zero-order chi connectivity index (χ0) is 12.5. The largest absolute Gasteiger partial charge is 0.465 e. The molecule has 0 unspecified atom stereocenters. The topological polar surface area (TPSA) is 73.7 Å². The van der Waals surface area contributed by atoms with Crippen LogP contribution in [0.2, 0.25) is 0 Å². The summed E-state index contributed by atoms with van der Waals surface area (Å²) < 4.78 is 0.875. The van der Waals surface area contributed by atoms with Crippen LogP contribution in [0.5, 0.6) is 0 Å². The Morgan fingerprint density at radius 1 is 1.53 bits per heavy atom. The van der Waals surface area contributed by atoms with Crippen LogP contribution in [-0.2, 0) is 5.60 Å². The van der Waals surface area contributed by atoms with E-state index in [0.717, 1.165) is 3.79 Å². The van der Waals surface area contributed by atoms with Gasteiger partial charge in [-0.05, 0) is 28.8 Å². The summed E-state index contributed by atoms with van der Waals surface area (Å²) in [6.07, 6.45) is 2.35. The number of carboxylic acid groups (broad SMARTS) is 1. The number of amides is 1. The van der Waals surface area contributed by atoms with Gasteiger partial charge in [-0.3, -0.25) is 0 Å². The van der Waals surface area contributed by atoms with E-state index in [4.69, 9.17) is 5.11 Å². The summed E-state index contributed by atoms with van der Waals surface area (Å²) >= 11 is 4.72. The molecule has 2 N–H and O–H groups in total. The highest BCUT2D eigenvalue weighted by Gasteiger charge is 2.35. The molecule has 17 heavy (non-hydrogen) atoms. The van der Waals surface area contributed by atoms with Gasteiger partial charge in [-0.2, -0.15) is 0 Å². The lowest BCUT2D eigenvalue weighted by Crippen LogP contribution is -2.32. The van der Waals surface area contributed by atoms with E-state index in [1.165, 1.54) is 16.2 Å². The van der Waals surface area contributed by atoms with Gasteiger partial charge < -0.3 is 15.1 Å². The summed E-state index contributed by atoms with van der Waals surface area (Å²) in [7, 11) is 0. The van der Waals surface area contributed by atoms with Gasteiger partial charge in [0.15, 0.2) is 0 Å². The molecule has 1 fully saturated rings. The zero-order valence-corrected chi connectivity index (χ0v) is 11.5. The van der Waals surface area contributed by atoms with Gasteiger partial charge in [0.05, 0.1) is 9.98 Å². The molecule has 1 amide bonds. The Kier molecular flexibility index (Phi) is 3.70. The monoisotopic (exact) mass is 320 g/mol. The number of aromatic nitrogens is 1. The van der Waals surface area contributed by atoms with E-state index < -0.39 is 11.7 Å². The third kappa shape index (κ3) is 2.78. The van der Waals surface area contributed by atoms with Gasteiger partial charge in [-0.1, -0.05) is 0 Å². The second kappa shape index (κ2) is 4.91. The van der Waals surface area contributed by atoms with E-state index in [0.29, 0.717) is 37.4 Å². The molecule has 1 aliphatic rings. The number of hydrogen-bond donors (Lipinski definition) is 2. The van der Waals surface area contributed by atoms with E-state index in [1.54, 1.807) is 6.20 Å². The molecule has 0 radical (unpaired) electrons. The van der Waals surface area contributed by atoms with Crippen molar-refractivity contribution in [2.75, 3.05) is 13.1 Å². The molecule has 7 heteroatoms. The fourth-order valence-electron chi connectivity index (χ4n) is 1.99. The Hall–Kier alpha value is -0.660. The molecule has 1 aliphatic heterocycles. The van der Waals surface area contributed by atoms with Crippen LogP contribution in [0.4, 0.5) is 4.79 Å². The summed E-state index contributed by atoms with van der Waals surface area (Å²) in [6, 6.07) is 0. The molecular weight excluding hydrogens is 308 g/mol. The third-order valence-electron chi connectivity index (χ3n) is 2.96. The average Bonchev–Trinajstić information content (AvgIpc) is 2.59. The Morgan fingerprint density at radius 2 is 2.29 bits per heavy atom. The van der Waals surface area contributed by atoms with Gasteiger partial charge in [0.1, 0.15) is 10.6 Å². The first kappa shape index (κ1) is 12.8. The van der Waals surface area contributed by atoms with Crippen molar-refractivity contribution in [1.82, 2.24) is 9.88 Å². The van der Waals surface area contributed by atoms with Crippen LogP contribution in [0, 0.1) is 0 Å². The Labute approximate surface area is 111 Å². The highest BCUT2D eigenvalue weighted by atomic mass is 79.9. The lowest BCUT2D eigenvalue weighted by atomic mass is 9.96. The minimum Gasteiger partial charge on any atom is -0.465 e. The van der Waals surface area contributed by atoms with Gasteiger partial charge in [0, 0.05) is 19.5 Å². The predicted molar refractivity (Wildman–Crippen MR) is 67.2 cm³/mol. The molecule has 0 saturated carbocycles. The highest BCUT2D eigenvalue weighted by molar-refractivity contribution is 9.11. The van der Waals surface area contributed by atoms with Gasteiger partial charge in [-0.15, -0.1) is 11.3 Å². The summed E-state index contributed by atoms with van der Waals surface area (Å²) in [5.74, 6) is 0. The van der Waals surface area contributed by atoms with Crippen molar-refractivity contribution in [2.45, 2.75) is 24.9 Å². The number of nitrogens with zero attached hydrogens (tertiary/aromatic N) is 2. The molecule has 1 aromatic heterocycles. The normalized spacial score (nSPS) is 25.6. The lowest BCUT2D eigenvalue weighted by molar-refractivity contribution is 0.0213. The summed E-state index contributed by atoms with van der Waals surface area (Å²) in [4.78, 5) is 16.4. The maximum atomic E-state index is 10.9. The van der Waals surface area contributed by atoms with Crippen LogP contribution in [-0.4, -0.2) is 39.3 Å². The van der Waals surface area contributed by atoms with Crippen molar-refractivity contribution in [3.8, 4) is 0 Å². The van der Waals surface area contributed by atoms with Crippen molar-refractivity contribution in [3.63, 3.8) is 0 Å². The molecule has 1 saturated heterocycles. The minimum absolute atomic E-state index is 0.350.